The fourth-order valence-corrected chi connectivity index (χ4v) is 4.89. The SMILES string of the molecule is C[Si](C)(C)CCOCN1C(=O)[C@]2(C=CC3(CC2)OCCO3)c2ccccc21. The van der Waals surface area contributed by atoms with Crippen LogP contribution in [-0.2, 0) is 24.4 Å². The van der Waals surface area contributed by atoms with E-state index in [0.717, 1.165) is 17.3 Å². The maximum Gasteiger partial charge on any atom is 0.243 e. The minimum absolute atomic E-state index is 0.0980. The first-order chi connectivity index (χ1) is 12.9. The van der Waals surface area contributed by atoms with E-state index in [4.69, 9.17) is 14.2 Å². The molecule has 2 aliphatic heterocycles. The van der Waals surface area contributed by atoms with Crippen LogP contribution in [-0.4, -0.2) is 46.3 Å². The number of para-hydroxylation sites is 1. The topological polar surface area (TPSA) is 48.0 Å². The third kappa shape index (κ3) is 3.40. The van der Waals surface area contributed by atoms with E-state index in [1.165, 1.54) is 0 Å². The molecule has 1 saturated heterocycles. The van der Waals surface area contributed by atoms with Crippen LogP contribution in [0.25, 0.3) is 0 Å². The second-order valence-corrected chi connectivity index (χ2v) is 14.5. The van der Waals surface area contributed by atoms with E-state index < -0.39 is 19.3 Å². The number of benzene rings is 1. The van der Waals surface area contributed by atoms with E-state index in [2.05, 4.69) is 25.7 Å². The number of hydrogen-bond donors (Lipinski definition) is 0. The van der Waals surface area contributed by atoms with E-state index in [1.54, 1.807) is 4.90 Å². The summed E-state index contributed by atoms with van der Waals surface area (Å²) in [5.41, 5.74) is 1.40. The number of carbonyl (C=O) groups excluding carboxylic acids is 1. The van der Waals surface area contributed by atoms with Gasteiger partial charge in [-0.2, -0.15) is 0 Å². The average molecular weight is 388 g/mol. The molecular weight excluding hydrogens is 358 g/mol. The van der Waals surface area contributed by atoms with Gasteiger partial charge < -0.3 is 14.2 Å². The Kier molecular flexibility index (Phi) is 4.79. The van der Waals surface area contributed by atoms with Crippen molar-refractivity contribution in [1.82, 2.24) is 0 Å². The van der Waals surface area contributed by atoms with Crippen LogP contribution >= 0.6 is 0 Å². The van der Waals surface area contributed by atoms with Crippen LogP contribution in [0.4, 0.5) is 5.69 Å². The second-order valence-electron chi connectivity index (χ2n) is 8.91. The van der Waals surface area contributed by atoms with Gasteiger partial charge in [0.05, 0.1) is 24.3 Å². The molecule has 1 amide bonds. The van der Waals surface area contributed by atoms with Crippen LogP contribution in [0.5, 0.6) is 0 Å². The average Bonchev–Trinajstić information content (AvgIpc) is 3.18. The highest BCUT2D eigenvalue weighted by atomic mass is 28.3. The summed E-state index contributed by atoms with van der Waals surface area (Å²) in [5.74, 6) is -0.539. The summed E-state index contributed by atoms with van der Waals surface area (Å²) in [6.07, 6.45) is 5.33. The molecule has 2 heterocycles. The summed E-state index contributed by atoms with van der Waals surface area (Å²) in [6.45, 7) is 9.23. The van der Waals surface area contributed by atoms with Crippen molar-refractivity contribution in [3.63, 3.8) is 0 Å². The smallest absolute Gasteiger partial charge is 0.243 e. The van der Waals surface area contributed by atoms with Gasteiger partial charge in [-0.25, -0.2) is 0 Å². The Labute approximate surface area is 162 Å². The third-order valence-electron chi connectivity index (χ3n) is 5.78. The minimum atomic E-state index is -1.15. The van der Waals surface area contributed by atoms with Crippen molar-refractivity contribution in [1.29, 1.82) is 0 Å². The molecule has 4 rings (SSSR count). The number of nitrogens with zero attached hydrogens (tertiary/aromatic N) is 1. The van der Waals surface area contributed by atoms with Crippen LogP contribution < -0.4 is 4.90 Å². The summed E-state index contributed by atoms with van der Waals surface area (Å²) in [6, 6.07) is 9.17. The molecule has 27 heavy (non-hydrogen) atoms. The van der Waals surface area contributed by atoms with E-state index >= 15 is 0 Å². The van der Waals surface area contributed by atoms with Gasteiger partial charge in [0.15, 0.2) is 5.79 Å². The summed E-state index contributed by atoms with van der Waals surface area (Å²) < 4.78 is 17.5. The molecule has 1 aromatic carbocycles. The zero-order valence-corrected chi connectivity index (χ0v) is 17.5. The molecule has 6 heteroatoms. The summed E-state index contributed by atoms with van der Waals surface area (Å²) >= 11 is 0. The standard InChI is InChI=1S/C21H29NO4Si/c1-27(2,3)15-14-24-16-22-18-7-5-4-6-17(18)20(19(22)23)8-10-21(11-9-20)25-12-13-26-21/h4-8,10H,9,11-16H2,1-3H3/t20-/m0/s1. The summed E-state index contributed by atoms with van der Waals surface area (Å²) in [7, 11) is -1.15. The van der Waals surface area contributed by atoms with E-state index in [-0.39, 0.29) is 5.91 Å². The highest BCUT2D eigenvalue weighted by Gasteiger charge is 2.53. The maximum absolute atomic E-state index is 13.5. The molecule has 1 aromatic rings. The Balaban J connectivity index is 1.55. The Morgan fingerprint density at radius 2 is 1.85 bits per heavy atom. The molecule has 0 unspecified atom stereocenters. The molecule has 0 radical (unpaired) electrons. The lowest BCUT2D eigenvalue weighted by molar-refractivity contribution is -0.135. The molecule has 0 bridgehead atoms. The number of amides is 1. The Morgan fingerprint density at radius 3 is 2.52 bits per heavy atom. The lowest BCUT2D eigenvalue weighted by Crippen LogP contribution is -2.45. The van der Waals surface area contributed by atoms with Gasteiger partial charge in [-0.1, -0.05) is 43.9 Å². The molecule has 0 saturated carbocycles. The molecule has 2 spiro atoms. The van der Waals surface area contributed by atoms with Gasteiger partial charge in [0.2, 0.25) is 5.91 Å². The first-order valence-electron chi connectivity index (χ1n) is 9.83. The van der Waals surface area contributed by atoms with Gasteiger partial charge in [0.25, 0.3) is 0 Å². The van der Waals surface area contributed by atoms with E-state index in [9.17, 15) is 4.79 Å². The van der Waals surface area contributed by atoms with Crippen molar-refractivity contribution in [2.24, 2.45) is 0 Å². The third-order valence-corrected chi connectivity index (χ3v) is 7.49. The molecule has 5 nitrogen and oxygen atoms in total. The number of carbonyl (C=O) groups is 1. The van der Waals surface area contributed by atoms with Gasteiger partial charge in [0.1, 0.15) is 6.73 Å². The number of hydrogen-bond acceptors (Lipinski definition) is 4. The molecule has 0 aromatic heterocycles. The molecule has 0 N–H and O–H groups in total. The van der Waals surface area contributed by atoms with Crippen LogP contribution in [0.3, 0.4) is 0 Å². The maximum atomic E-state index is 13.5. The van der Waals surface area contributed by atoms with Crippen molar-refractivity contribution in [2.45, 2.75) is 49.7 Å². The molecule has 1 fully saturated rings. The van der Waals surface area contributed by atoms with Crippen molar-refractivity contribution < 1.29 is 19.0 Å². The number of ether oxygens (including phenoxy) is 3. The Morgan fingerprint density at radius 1 is 1.11 bits per heavy atom. The largest absolute Gasteiger partial charge is 0.361 e. The van der Waals surface area contributed by atoms with Gasteiger partial charge in [0, 0.05) is 21.1 Å². The van der Waals surface area contributed by atoms with Crippen LogP contribution in [0.1, 0.15) is 18.4 Å². The van der Waals surface area contributed by atoms with Gasteiger partial charge in [-0.05, 0) is 30.2 Å². The fourth-order valence-electron chi connectivity index (χ4n) is 4.14. The van der Waals surface area contributed by atoms with Crippen LogP contribution in [0.15, 0.2) is 36.4 Å². The second kappa shape index (κ2) is 6.85. The zero-order chi connectivity index (χ0) is 19.1. The lowest BCUT2D eigenvalue weighted by Gasteiger charge is -2.35. The summed E-state index contributed by atoms with van der Waals surface area (Å²) in [4.78, 5) is 15.3. The van der Waals surface area contributed by atoms with Crippen LogP contribution in [0.2, 0.25) is 25.7 Å². The lowest BCUT2D eigenvalue weighted by atomic mass is 9.73. The molecule has 1 aliphatic carbocycles. The van der Waals surface area contributed by atoms with E-state index in [0.29, 0.717) is 39.4 Å². The van der Waals surface area contributed by atoms with Gasteiger partial charge in [-0.3, -0.25) is 9.69 Å². The molecule has 1 atom stereocenters. The zero-order valence-electron chi connectivity index (χ0n) is 16.5. The number of anilines is 1. The number of fused-ring (bicyclic) bond motifs is 2. The monoisotopic (exact) mass is 387 g/mol. The first kappa shape index (κ1) is 18.9. The minimum Gasteiger partial charge on any atom is -0.361 e. The fraction of sp³-hybridized carbons (Fsp3) is 0.571. The van der Waals surface area contributed by atoms with Crippen molar-refractivity contribution >= 4 is 19.7 Å². The van der Waals surface area contributed by atoms with Gasteiger partial charge >= 0.3 is 0 Å². The number of rotatable bonds is 5. The van der Waals surface area contributed by atoms with Crippen LogP contribution in [0, 0.1) is 0 Å². The normalized spacial score (nSPS) is 26.3. The predicted molar refractivity (Wildman–Crippen MR) is 108 cm³/mol. The Hall–Kier alpha value is -1.47. The van der Waals surface area contributed by atoms with Crippen molar-refractivity contribution in [3.8, 4) is 0 Å². The first-order valence-corrected chi connectivity index (χ1v) is 13.5. The van der Waals surface area contributed by atoms with Crippen molar-refractivity contribution in [3.05, 3.63) is 42.0 Å². The van der Waals surface area contributed by atoms with E-state index in [1.807, 2.05) is 30.4 Å². The molecule has 146 valence electrons. The Bertz CT molecular complexity index is 751. The summed E-state index contributed by atoms with van der Waals surface area (Å²) in [5, 5.41) is 0. The quantitative estimate of drug-likeness (QED) is 0.439. The van der Waals surface area contributed by atoms with Gasteiger partial charge in [-0.15, -0.1) is 0 Å². The molecule has 3 aliphatic rings. The highest BCUT2D eigenvalue weighted by molar-refractivity contribution is 6.76. The van der Waals surface area contributed by atoms with Crippen molar-refractivity contribution in [2.75, 3.05) is 31.5 Å². The highest BCUT2D eigenvalue weighted by Crippen LogP contribution is 2.50. The molecular formula is C21H29NO4Si. The predicted octanol–water partition coefficient (Wildman–Crippen LogP) is 3.68.